The number of rotatable bonds is 5. The number of nitrogens with zero attached hydrogens (tertiary/aromatic N) is 4. The van der Waals surface area contributed by atoms with Gasteiger partial charge in [0.05, 0.1) is 24.0 Å². The first-order chi connectivity index (χ1) is 12.8. The highest BCUT2D eigenvalue weighted by Gasteiger charge is 2.24. The summed E-state index contributed by atoms with van der Waals surface area (Å²) in [5, 5.41) is 11.0. The molecule has 0 bridgehead atoms. The monoisotopic (exact) mass is 458 g/mol. The number of hydrazine groups is 2. The molecule has 0 aliphatic carbocycles. The highest BCUT2D eigenvalue weighted by atomic mass is 127. The third kappa shape index (κ3) is 3.32. The Labute approximate surface area is 166 Å². The first-order valence-electron chi connectivity index (χ1n) is 8.49. The summed E-state index contributed by atoms with van der Waals surface area (Å²) in [6.07, 6.45) is 2.89. The number of amidine groups is 1. The van der Waals surface area contributed by atoms with Crippen molar-refractivity contribution >= 4 is 28.4 Å². The molecule has 1 aromatic heterocycles. The zero-order valence-corrected chi connectivity index (χ0v) is 16.5. The molecule has 7 heteroatoms. The normalized spacial score (nSPS) is 13.6. The molecule has 0 amide bonds. The van der Waals surface area contributed by atoms with Crippen LogP contribution in [0.1, 0.15) is 23.6 Å². The van der Waals surface area contributed by atoms with E-state index >= 15 is 0 Å². The maximum Gasteiger partial charge on any atom is 0.177 e. The first-order valence-corrected chi connectivity index (χ1v) is 9.57. The second kappa shape index (κ2) is 7.46. The summed E-state index contributed by atoms with van der Waals surface area (Å²) >= 11 is 2.33. The lowest BCUT2D eigenvalue weighted by Gasteiger charge is -2.18. The Bertz CT molecular complexity index is 917. The first kappa shape index (κ1) is 17.0. The molecule has 6 nitrogen and oxygen atoms in total. The predicted molar refractivity (Wildman–Crippen MR) is 110 cm³/mol. The van der Waals surface area contributed by atoms with Crippen molar-refractivity contribution in [1.29, 1.82) is 0 Å². The van der Waals surface area contributed by atoms with Crippen molar-refractivity contribution in [3.63, 3.8) is 0 Å². The fourth-order valence-electron chi connectivity index (χ4n) is 2.87. The largest absolute Gasteiger partial charge is 0.266 e. The van der Waals surface area contributed by atoms with E-state index < -0.39 is 0 Å². The molecule has 0 fully saturated rings. The Morgan fingerprint density at radius 2 is 1.77 bits per heavy atom. The number of aromatic nitrogens is 2. The summed E-state index contributed by atoms with van der Waals surface area (Å²) in [7, 11) is 0. The van der Waals surface area contributed by atoms with Crippen LogP contribution in [0.15, 0.2) is 65.9 Å². The molecule has 132 valence electrons. The Hall–Kier alpha value is -2.39. The quantitative estimate of drug-likeness (QED) is 0.577. The van der Waals surface area contributed by atoms with E-state index in [-0.39, 0.29) is 0 Å². The molecule has 0 saturated heterocycles. The number of benzene rings is 2. The molecule has 3 aromatic rings. The molecule has 26 heavy (non-hydrogen) atoms. The minimum atomic E-state index is 0.707. The second-order valence-corrected chi connectivity index (χ2v) is 7.03. The van der Waals surface area contributed by atoms with Crippen LogP contribution in [0.25, 0.3) is 5.69 Å². The van der Waals surface area contributed by atoms with E-state index in [0.717, 1.165) is 27.2 Å². The Morgan fingerprint density at radius 1 is 1.00 bits per heavy atom. The van der Waals surface area contributed by atoms with E-state index in [1.165, 1.54) is 11.1 Å². The van der Waals surface area contributed by atoms with Crippen LogP contribution >= 0.6 is 22.6 Å². The van der Waals surface area contributed by atoms with Gasteiger partial charge >= 0.3 is 0 Å². The van der Waals surface area contributed by atoms with Gasteiger partial charge in [-0.1, -0.05) is 49.4 Å². The van der Waals surface area contributed by atoms with E-state index in [1.807, 2.05) is 34.1 Å². The molecule has 0 spiro atoms. The van der Waals surface area contributed by atoms with Crippen molar-refractivity contribution in [3.05, 3.63) is 81.2 Å². The SMILES string of the molecule is CCc1ccc(-n2ncc(C3=NNNN3Cc3ccccc3)c2I)cc1. The standard InChI is InChI=1S/C19H19IN6/c1-2-14-8-10-16(11-9-14)26-18(20)17(12-21-26)19-22-23-24-25(19)13-15-6-4-3-5-7-15/h3-12,23-24H,2,13H2,1H3. The lowest BCUT2D eigenvalue weighted by Crippen LogP contribution is -2.40. The van der Waals surface area contributed by atoms with Gasteiger partial charge in [0, 0.05) is 0 Å². The van der Waals surface area contributed by atoms with Crippen molar-refractivity contribution in [2.24, 2.45) is 5.10 Å². The number of hydrogen-bond donors (Lipinski definition) is 2. The minimum Gasteiger partial charge on any atom is -0.266 e. The van der Waals surface area contributed by atoms with Gasteiger partial charge in [-0.25, -0.2) is 10.2 Å². The lowest BCUT2D eigenvalue weighted by atomic mass is 10.1. The van der Waals surface area contributed by atoms with E-state index in [2.05, 4.69) is 87.2 Å². The fourth-order valence-corrected chi connectivity index (χ4v) is 3.66. The van der Waals surface area contributed by atoms with Crippen LogP contribution in [0.4, 0.5) is 0 Å². The minimum absolute atomic E-state index is 0.707. The van der Waals surface area contributed by atoms with Gasteiger partial charge in [-0.05, 0) is 52.3 Å². The maximum atomic E-state index is 4.57. The van der Waals surface area contributed by atoms with Gasteiger partial charge in [0.1, 0.15) is 3.70 Å². The van der Waals surface area contributed by atoms with Gasteiger partial charge in [0.15, 0.2) is 5.84 Å². The summed E-state index contributed by atoms with van der Waals surface area (Å²) in [6, 6.07) is 18.8. The van der Waals surface area contributed by atoms with E-state index in [0.29, 0.717) is 6.54 Å². The summed E-state index contributed by atoms with van der Waals surface area (Å²) in [4.78, 5) is 0. The third-order valence-corrected chi connectivity index (χ3v) is 5.36. The van der Waals surface area contributed by atoms with Crippen LogP contribution in [0, 0.1) is 3.70 Å². The van der Waals surface area contributed by atoms with Crippen LogP contribution in [-0.2, 0) is 13.0 Å². The van der Waals surface area contributed by atoms with Gasteiger partial charge < -0.3 is 0 Å². The zero-order valence-electron chi connectivity index (χ0n) is 14.4. The molecule has 2 heterocycles. The number of nitrogens with one attached hydrogen (secondary N) is 2. The topological polar surface area (TPSA) is 57.5 Å². The number of halogens is 1. The molecule has 0 atom stereocenters. The van der Waals surface area contributed by atoms with Crippen molar-refractivity contribution < 1.29 is 0 Å². The van der Waals surface area contributed by atoms with Crippen molar-refractivity contribution in [2.45, 2.75) is 19.9 Å². The van der Waals surface area contributed by atoms with E-state index in [1.54, 1.807) is 0 Å². The Morgan fingerprint density at radius 3 is 2.50 bits per heavy atom. The van der Waals surface area contributed by atoms with Crippen molar-refractivity contribution in [1.82, 2.24) is 25.9 Å². The summed E-state index contributed by atoms with van der Waals surface area (Å²) in [5.74, 6) is 0.828. The smallest absolute Gasteiger partial charge is 0.177 e. The summed E-state index contributed by atoms with van der Waals surface area (Å²) in [6.45, 7) is 2.86. The molecular weight excluding hydrogens is 439 g/mol. The van der Waals surface area contributed by atoms with Crippen molar-refractivity contribution in [2.75, 3.05) is 0 Å². The molecule has 1 aliphatic heterocycles. The highest BCUT2D eigenvalue weighted by Crippen LogP contribution is 2.21. The van der Waals surface area contributed by atoms with Gasteiger partial charge in [-0.15, -0.1) is 10.6 Å². The summed E-state index contributed by atoms with van der Waals surface area (Å²) < 4.78 is 2.96. The van der Waals surface area contributed by atoms with Gasteiger partial charge in [0.2, 0.25) is 0 Å². The lowest BCUT2D eigenvalue weighted by molar-refractivity contribution is 0.288. The van der Waals surface area contributed by atoms with Crippen LogP contribution in [0.5, 0.6) is 0 Å². The molecule has 4 rings (SSSR count). The van der Waals surface area contributed by atoms with E-state index in [4.69, 9.17) is 0 Å². The molecule has 0 unspecified atom stereocenters. The average molecular weight is 458 g/mol. The van der Waals surface area contributed by atoms with Gasteiger partial charge in [-0.3, -0.25) is 5.01 Å². The Kier molecular flexibility index (Phi) is 4.89. The maximum absolute atomic E-state index is 4.57. The molecule has 0 radical (unpaired) electrons. The third-order valence-electron chi connectivity index (χ3n) is 4.33. The zero-order chi connectivity index (χ0) is 17.9. The molecule has 2 N–H and O–H groups in total. The predicted octanol–water partition coefficient (Wildman–Crippen LogP) is 3.23. The highest BCUT2D eigenvalue weighted by molar-refractivity contribution is 14.1. The average Bonchev–Trinajstić information content (AvgIpc) is 3.29. The van der Waals surface area contributed by atoms with Gasteiger partial charge in [-0.2, -0.15) is 5.10 Å². The van der Waals surface area contributed by atoms with Gasteiger partial charge in [0.25, 0.3) is 0 Å². The number of aryl methyl sites for hydroxylation is 1. The van der Waals surface area contributed by atoms with Crippen LogP contribution < -0.4 is 11.1 Å². The van der Waals surface area contributed by atoms with Crippen molar-refractivity contribution in [3.8, 4) is 5.69 Å². The molecule has 0 saturated carbocycles. The fraction of sp³-hybridized carbons (Fsp3) is 0.158. The Balaban J connectivity index is 1.60. The molecule has 2 aromatic carbocycles. The van der Waals surface area contributed by atoms with E-state index in [9.17, 15) is 0 Å². The number of hydrogen-bond acceptors (Lipinski definition) is 5. The van der Waals surface area contributed by atoms with Crippen LogP contribution in [0.2, 0.25) is 0 Å². The molecule has 1 aliphatic rings. The van der Waals surface area contributed by atoms with Crippen LogP contribution in [-0.4, -0.2) is 20.6 Å². The van der Waals surface area contributed by atoms with Crippen LogP contribution in [0.3, 0.4) is 0 Å². The number of hydrazone groups is 1. The molecular formula is C19H19IN6. The summed E-state index contributed by atoms with van der Waals surface area (Å²) in [5.41, 5.74) is 10.5. The second-order valence-electron chi connectivity index (χ2n) is 6.01.